The Morgan fingerprint density at radius 2 is 1.81 bits per heavy atom. The molecule has 4 heterocycles. The Morgan fingerprint density at radius 3 is 2.57 bits per heavy atom. The number of fused-ring (bicyclic) bond motifs is 3. The van der Waals surface area contributed by atoms with Crippen LogP contribution >= 0.6 is 0 Å². The van der Waals surface area contributed by atoms with Crippen LogP contribution in [-0.2, 0) is 22.4 Å². The zero-order valence-electron chi connectivity index (χ0n) is 27.2. The number of likely N-dealkylation sites (tertiary alicyclic amines) is 1. The quantitative estimate of drug-likeness (QED) is 0.210. The van der Waals surface area contributed by atoms with Gasteiger partial charge < -0.3 is 30.2 Å². The fourth-order valence-corrected chi connectivity index (χ4v) is 7.01. The van der Waals surface area contributed by atoms with E-state index < -0.39 is 12.1 Å². The Bertz CT molecular complexity index is 1840. The first-order valence-electron chi connectivity index (χ1n) is 16.7. The molecule has 2 saturated heterocycles. The maximum Gasteiger partial charge on any atom is 0.407 e. The van der Waals surface area contributed by atoms with E-state index in [1.54, 1.807) is 0 Å². The monoisotopic (exact) mass is 631 g/mol. The highest BCUT2D eigenvalue weighted by atomic mass is 16.5. The van der Waals surface area contributed by atoms with Crippen molar-refractivity contribution in [1.82, 2.24) is 35.5 Å². The number of benzene rings is 2. The van der Waals surface area contributed by atoms with E-state index in [1.165, 1.54) is 19.1 Å². The number of nitrogens with one attached hydrogen (secondary N) is 4. The molecule has 0 bridgehead atoms. The summed E-state index contributed by atoms with van der Waals surface area (Å²) in [6.45, 7) is 5.52. The fraction of sp³-hybridized carbons (Fsp3) is 0.405. The maximum atomic E-state index is 13.6. The molecular weight excluding hydrogens is 590 g/mol. The van der Waals surface area contributed by atoms with Crippen molar-refractivity contribution in [3.05, 3.63) is 82.7 Å². The van der Waals surface area contributed by atoms with E-state index in [0.717, 1.165) is 89.6 Å². The Hall–Kier alpha value is -4.88. The normalized spacial score (nSPS) is 19.1. The largest absolute Gasteiger partial charge is 0.453 e. The lowest BCUT2D eigenvalue weighted by atomic mass is 9.91. The van der Waals surface area contributed by atoms with Gasteiger partial charge in [0.05, 0.1) is 36.8 Å². The number of amides is 2. The summed E-state index contributed by atoms with van der Waals surface area (Å²) in [5, 5.41) is 6.21. The predicted octanol–water partition coefficient (Wildman–Crippen LogP) is 5.43. The molecule has 2 aromatic heterocycles. The van der Waals surface area contributed by atoms with Crippen molar-refractivity contribution >= 4 is 12.0 Å². The number of carbonyl (C=O) groups is 2. The van der Waals surface area contributed by atoms with Crippen molar-refractivity contribution in [2.45, 2.75) is 70.5 Å². The van der Waals surface area contributed by atoms with Crippen molar-refractivity contribution in [2.75, 3.05) is 20.2 Å². The summed E-state index contributed by atoms with van der Waals surface area (Å²) in [6, 6.07) is 14.1. The Kier molecular flexibility index (Phi) is 8.56. The number of rotatable bonds is 6. The minimum atomic E-state index is -0.658. The third kappa shape index (κ3) is 6.28. The third-order valence-corrected chi connectivity index (χ3v) is 9.58. The van der Waals surface area contributed by atoms with Crippen LogP contribution in [0, 0.1) is 17.8 Å². The van der Waals surface area contributed by atoms with Gasteiger partial charge in [-0.15, -0.1) is 0 Å². The number of aromatic amines is 2. The van der Waals surface area contributed by atoms with Crippen LogP contribution in [0.25, 0.3) is 22.5 Å². The molecule has 3 atom stereocenters. The molecule has 0 spiro atoms. The zero-order valence-corrected chi connectivity index (χ0v) is 27.2. The van der Waals surface area contributed by atoms with Gasteiger partial charge >= 0.3 is 6.09 Å². The highest BCUT2D eigenvalue weighted by Gasteiger charge is 2.38. The van der Waals surface area contributed by atoms with Crippen LogP contribution in [0.5, 0.6) is 0 Å². The van der Waals surface area contributed by atoms with E-state index in [9.17, 15) is 9.59 Å². The van der Waals surface area contributed by atoms with E-state index in [-0.39, 0.29) is 17.9 Å². The Morgan fingerprint density at radius 1 is 1.00 bits per heavy atom. The fourth-order valence-electron chi connectivity index (χ4n) is 7.01. The minimum absolute atomic E-state index is 0.0781. The summed E-state index contributed by atoms with van der Waals surface area (Å²) in [5.41, 5.74) is 8.44. The molecule has 242 valence electrons. The SMILES string of the molecule is COC(=O)N[C@H](C(=O)N1CCC[C@H]1c1nc2c([nH]1)CCc1cc(C#Cc3ccc(-c4cnc(C5CCCN5)[nH]4)cc3)ccc1-2)C(C)C. The van der Waals surface area contributed by atoms with Gasteiger partial charge in [0.2, 0.25) is 5.91 Å². The van der Waals surface area contributed by atoms with E-state index in [0.29, 0.717) is 12.6 Å². The van der Waals surface area contributed by atoms with Crippen LogP contribution < -0.4 is 10.6 Å². The highest BCUT2D eigenvalue weighted by molar-refractivity contribution is 5.86. The van der Waals surface area contributed by atoms with Crippen molar-refractivity contribution in [1.29, 1.82) is 0 Å². The number of ether oxygens (including phenoxy) is 1. The molecule has 10 nitrogen and oxygen atoms in total. The number of aromatic nitrogens is 4. The number of carbonyl (C=O) groups excluding carboxylic acids is 2. The second kappa shape index (κ2) is 13.1. The molecule has 2 amide bonds. The van der Waals surface area contributed by atoms with Gasteiger partial charge in [0, 0.05) is 28.9 Å². The molecule has 0 saturated carbocycles. The van der Waals surface area contributed by atoms with Gasteiger partial charge in [-0.2, -0.15) is 0 Å². The van der Waals surface area contributed by atoms with Gasteiger partial charge in [-0.1, -0.05) is 43.9 Å². The van der Waals surface area contributed by atoms with E-state index in [1.807, 2.05) is 24.9 Å². The van der Waals surface area contributed by atoms with Crippen molar-refractivity contribution < 1.29 is 14.3 Å². The molecule has 47 heavy (non-hydrogen) atoms. The van der Waals surface area contributed by atoms with E-state index in [4.69, 9.17) is 9.72 Å². The number of methoxy groups -OCH3 is 1. The van der Waals surface area contributed by atoms with Crippen molar-refractivity contribution in [3.63, 3.8) is 0 Å². The van der Waals surface area contributed by atoms with Gasteiger partial charge in [0.1, 0.15) is 17.7 Å². The molecule has 1 aliphatic carbocycles. The lowest BCUT2D eigenvalue weighted by Crippen LogP contribution is -2.51. The number of aryl methyl sites for hydroxylation is 2. The lowest BCUT2D eigenvalue weighted by Gasteiger charge is -2.30. The number of imidazole rings is 2. The van der Waals surface area contributed by atoms with Crippen LogP contribution in [0.2, 0.25) is 0 Å². The first-order chi connectivity index (χ1) is 22.9. The predicted molar refractivity (Wildman–Crippen MR) is 179 cm³/mol. The zero-order chi connectivity index (χ0) is 32.5. The average molecular weight is 632 g/mol. The topological polar surface area (TPSA) is 128 Å². The summed E-state index contributed by atoms with van der Waals surface area (Å²) in [4.78, 5) is 44.1. The van der Waals surface area contributed by atoms with E-state index >= 15 is 0 Å². The first-order valence-corrected chi connectivity index (χ1v) is 16.7. The van der Waals surface area contributed by atoms with Gasteiger partial charge in [-0.25, -0.2) is 14.8 Å². The second-order valence-corrected chi connectivity index (χ2v) is 13.0. The Labute approximate surface area is 275 Å². The van der Waals surface area contributed by atoms with Gasteiger partial charge in [0.25, 0.3) is 0 Å². The van der Waals surface area contributed by atoms with Gasteiger partial charge in [-0.05, 0) is 86.4 Å². The molecule has 2 aromatic carbocycles. The number of hydrogen-bond acceptors (Lipinski definition) is 6. The average Bonchev–Trinajstić information content (AvgIpc) is 3.91. The number of nitrogens with zero attached hydrogens (tertiary/aromatic N) is 3. The first kappa shape index (κ1) is 30.8. The summed E-state index contributed by atoms with van der Waals surface area (Å²) >= 11 is 0. The smallest absolute Gasteiger partial charge is 0.407 e. The van der Waals surface area contributed by atoms with Crippen LogP contribution in [0.15, 0.2) is 48.7 Å². The summed E-state index contributed by atoms with van der Waals surface area (Å²) in [5.74, 6) is 8.31. The molecule has 10 heteroatoms. The third-order valence-electron chi connectivity index (χ3n) is 9.58. The van der Waals surface area contributed by atoms with Crippen LogP contribution in [0.1, 0.15) is 85.6 Å². The molecule has 3 aliphatic rings. The number of alkyl carbamates (subject to hydrolysis) is 1. The molecule has 1 unspecified atom stereocenters. The summed E-state index contributed by atoms with van der Waals surface area (Å²) < 4.78 is 4.77. The van der Waals surface area contributed by atoms with Crippen LogP contribution in [0.3, 0.4) is 0 Å². The number of hydrogen-bond donors (Lipinski definition) is 4. The molecule has 4 N–H and O–H groups in total. The van der Waals surface area contributed by atoms with E-state index in [2.05, 4.69) is 79.9 Å². The highest BCUT2D eigenvalue weighted by Crippen LogP contribution is 2.37. The Balaban J connectivity index is 1.05. The van der Waals surface area contributed by atoms with Crippen molar-refractivity contribution in [2.24, 2.45) is 5.92 Å². The molecule has 2 fully saturated rings. The van der Waals surface area contributed by atoms with Gasteiger partial charge in [-0.3, -0.25) is 4.79 Å². The summed E-state index contributed by atoms with van der Waals surface area (Å²) in [7, 11) is 1.31. The molecule has 7 rings (SSSR count). The van der Waals surface area contributed by atoms with Gasteiger partial charge in [0.15, 0.2) is 0 Å². The lowest BCUT2D eigenvalue weighted by molar-refractivity contribution is -0.135. The van der Waals surface area contributed by atoms with Crippen LogP contribution in [0.4, 0.5) is 4.79 Å². The maximum absolute atomic E-state index is 13.6. The summed E-state index contributed by atoms with van der Waals surface area (Å²) in [6.07, 6.45) is 7.06. The molecule has 2 aliphatic heterocycles. The van der Waals surface area contributed by atoms with Crippen molar-refractivity contribution in [3.8, 4) is 34.4 Å². The van der Waals surface area contributed by atoms with Crippen LogP contribution in [-0.4, -0.2) is 63.1 Å². The molecular formula is C37H41N7O3. The second-order valence-electron chi connectivity index (χ2n) is 13.0. The molecule has 4 aromatic rings. The minimum Gasteiger partial charge on any atom is -0.453 e. The standard InChI is InChI=1S/C37H41N7O3/c1-22(2)32(43-37(46)47-3)36(45)44-19-5-7-31(44)35-40-28-17-15-26-20-24(12-16-27(26)33(28)42-35)9-8-23-10-13-25(14-11-23)30-21-39-34(41-30)29-6-4-18-38-29/h10-14,16,20-22,29,31-32,38H,4-7,15,17-19H2,1-3H3,(H,39,41)(H,40,42)(H,43,46)/t29?,31-,32-/m0/s1. The number of H-pyrrole nitrogens is 2. The molecule has 0 radical (unpaired) electrons.